The highest BCUT2D eigenvalue weighted by molar-refractivity contribution is 5.42. The zero-order valence-electron chi connectivity index (χ0n) is 9.33. The molecular formula is C13H13F2NO. The lowest BCUT2D eigenvalue weighted by Crippen LogP contribution is -2.21. The molecule has 0 heterocycles. The van der Waals surface area contributed by atoms with E-state index in [-0.39, 0.29) is 5.56 Å². The van der Waals surface area contributed by atoms with Crippen molar-refractivity contribution in [2.75, 3.05) is 0 Å². The van der Waals surface area contributed by atoms with E-state index in [0.717, 1.165) is 12.8 Å². The Morgan fingerprint density at radius 2 is 1.88 bits per heavy atom. The smallest absolute Gasteiger partial charge is 0.211 e. The first-order chi connectivity index (χ1) is 8.19. The fraction of sp³-hybridized carbons (Fsp3) is 0.462. The average molecular weight is 237 g/mol. The first kappa shape index (κ1) is 11.9. The second kappa shape index (κ2) is 4.76. The lowest BCUT2D eigenvalue weighted by atomic mass is 9.85. The normalized spacial score (nSPS) is 18.1. The number of alkyl halides is 2. The summed E-state index contributed by atoms with van der Waals surface area (Å²) in [4.78, 5) is 14.4. The minimum absolute atomic E-state index is 0.0200. The van der Waals surface area contributed by atoms with E-state index in [1.807, 2.05) is 0 Å². The Balaban J connectivity index is 2.53. The van der Waals surface area contributed by atoms with Crippen molar-refractivity contribution >= 4 is 6.08 Å². The summed E-state index contributed by atoms with van der Waals surface area (Å²) >= 11 is 0. The monoisotopic (exact) mass is 237 g/mol. The van der Waals surface area contributed by atoms with Gasteiger partial charge < -0.3 is 0 Å². The van der Waals surface area contributed by atoms with Gasteiger partial charge in [0.1, 0.15) is 0 Å². The molecule has 1 aliphatic rings. The molecule has 90 valence electrons. The molecule has 1 aromatic carbocycles. The molecule has 17 heavy (non-hydrogen) atoms. The minimum atomic E-state index is -2.54. The molecule has 2 rings (SSSR count). The number of carbonyl (C=O) groups excluding carboxylic acids is 1. The van der Waals surface area contributed by atoms with Gasteiger partial charge in [0.25, 0.3) is 6.43 Å². The minimum Gasteiger partial charge on any atom is -0.211 e. The molecule has 1 fully saturated rings. The third kappa shape index (κ3) is 2.13. The van der Waals surface area contributed by atoms with Gasteiger partial charge in [-0.2, -0.15) is 4.99 Å². The van der Waals surface area contributed by atoms with Crippen molar-refractivity contribution in [3.8, 4) is 0 Å². The Labute approximate surface area is 98.4 Å². The zero-order chi connectivity index (χ0) is 12.3. The van der Waals surface area contributed by atoms with Crippen molar-refractivity contribution in [1.29, 1.82) is 0 Å². The van der Waals surface area contributed by atoms with Crippen LogP contribution in [0, 0.1) is 0 Å². The van der Waals surface area contributed by atoms with E-state index in [1.54, 1.807) is 24.3 Å². The van der Waals surface area contributed by atoms with Gasteiger partial charge in [-0.3, -0.25) is 0 Å². The van der Waals surface area contributed by atoms with Gasteiger partial charge >= 0.3 is 0 Å². The van der Waals surface area contributed by atoms with Crippen molar-refractivity contribution in [2.45, 2.75) is 37.6 Å². The summed E-state index contributed by atoms with van der Waals surface area (Å²) in [6.07, 6.45) is 2.11. The first-order valence-electron chi connectivity index (χ1n) is 5.66. The maximum Gasteiger partial charge on any atom is 0.264 e. The van der Waals surface area contributed by atoms with Crippen LogP contribution in [0.4, 0.5) is 8.78 Å². The maximum absolute atomic E-state index is 13.0. The number of aliphatic imine (C=N–C) groups is 1. The van der Waals surface area contributed by atoms with Crippen molar-refractivity contribution in [3.63, 3.8) is 0 Å². The number of isocyanates is 1. The highest BCUT2D eigenvalue weighted by Crippen LogP contribution is 2.45. The largest absolute Gasteiger partial charge is 0.264 e. The second-order valence-corrected chi connectivity index (χ2v) is 4.33. The van der Waals surface area contributed by atoms with Gasteiger partial charge in [0, 0.05) is 5.56 Å². The molecule has 0 N–H and O–H groups in total. The molecule has 2 nitrogen and oxygen atoms in total. The van der Waals surface area contributed by atoms with E-state index < -0.39 is 12.0 Å². The summed E-state index contributed by atoms with van der Waals surface area (Å²) in [6.45, 7) is 0. The van der Waals surface area contributed by atoms with Crippen molar-refractivity contribution < 1.29 is 13.6 Å². The van der Waals surface area contributed by atoms with E-state index in [9.17, 15) is 13.6 Å². The van der Waals surface area contributed by atoms with E-state index in [1.165, 1.54) is 6.07 Å². The molecule has 0 saturated heterocycles. The van der Waals surface area contributed by atoms with Crippen LogP contribution in [0.5, 0.6) is 0 Å². The molecular weight excluding hydrogens is 224 g/mol. The third-order valence-corrected chi connectivity index (χ3v) is 3.39. The Bertz CT molecular complexity index is 446. The van der Waals surface area contributed by atoms with Gasteiger partial charge in [0.15, 0.2) is 0 Å². The van der Waals surface area contributed by atoms with Gasteiger partial charge in [-0.15, -0.1) is 0 Å². The molecule has 1 saturated carbocycles. The van der Waals surface area contributed by atoms with Crippen LogP contribution in [0.25, 0.3) is 0 Å². The molecule has 0 atom stereocenters. The molecule has 0 spiro atoms. The van der Waals surface area contributed by atoms with Gasteiger partial charge in [-0.1, -0.05) is 37.1 Å². The van der Waals surface area contributed by atoms with Gasteiger partial charge in [0.2, 0.25) is 6.08 Å². The summed E-state index contributed by atoms with van der Waals surface area (Å²) in [5.41, 5.74) is -0.307. The van der Waals surface area contributed by atoms with Crippen molar-refractivity contribution in [1.82, 2.24) is 0 Å². The Hall–Kier alpha value is -1.54. The predicted octanol–water partition coefficient (Wildman–Crippen LogP) is 3.73. The fourth-order valence-corrected chi connectivity index (χ4v) is 2.60. The topological polar surface area (TPSA) is 29.4 Å². The molecule has 1 aromatic rings. The summed E-state index contributed by atoms with van der Waals surface area (Å²) in [6, 6.07) is 6.34. The lowest BCUT2D eigenvalue weighted by Gasteiger charge is -2.25. The van der Waals surface area contributed by atoms with E-state index in [4.69, 9.17) is 0 Å². The highest BCUT2D eigenvalue weighted by atomic mass is 19.3. The third-order valence-electron chi connectivity index (χ3n) is 3.39. The number of halogens is 2. The molecule has 0 aliphatic heterocycles. The molecule has 4 heteroatoms. The molecule has 0 aromatic heterocycles. The van der Waals surface area contributed by atoms with Crippen molar-refractivity contribution in [2.24, 2.45) is 4.99 Å². The van der Waals surface area contributed by atoms with E-state index >= 15 is 0 Å². The molecule has 0 bridgehead atoms. The van der Waals surface area contributed by atoms with Gasteiger partial charge in [-0.05, 0) is 18.4 Å². The van der Waals surface area contributed by atoms with Crippen LogP contribution < -0.4 is 0 Å². The summed E-state index contributed by atoms with van der Waals surface area (Å²) in [7, 11) is 0. The van der Waals surface area contributed by atoms with Crippen LogP contribution >= 0.6 is 0 Å². The van der Waals surface area contributed by atoms with Crippen LogP contribution in [-0.4, -0.2) is 6.08 Å². The molecule has 0 unspecified atom stereocenters. The number of benzene rings is 1. The number of rotatable bonds is 3. The maximum atomic E-state index is 13.0. The Morgan fingerprint density at radius 3 is 2.47 bits per heavy atom. The Morgan fingerprint density at radius 1 is 1.24 bits per heavy atom. The number of hydrogen-bond acceptors (Lipinski definition) is 2. The summed E-state index contributed by atoms with van der Waals surface area (Å²) < 4.78 is 25.9. The lowest BCUT2D eigenvalue weighted by molar-refractivity contribution is 0.148. The quantitative estimate of drug-likeness (QED) is 0.581. The van der Waals surface area contributed by atoms with E-state index in [2.05, 4.69) is 4.99 Å². The van der Waals surface area contributed by atoms with Crippen LogP contribution in [0.1, 0.15) is 43.2 Å². The number of hydrogen-bond donors (Lipinski definition) is 0. The predicted molar refractivity (Wildman–Crippen MR) is 59.7 cm³/mol. The molecule has 0 radical (unpaired) electrons. The summed E-state index contributed by atoms with van der Waals surface area (Å²) in [5, 5.41) is 0. The average Bonchev–Trinajstić information content (AvgIpc) is 2.79. The standard InChI is InChI=1S/C13H13F2NO/c14-12(15)10-5-1-2-6-11(10)13(16-9-17)7-3-4-8-13/h1-2,5-6,12H,3-4,7-8H2. The van der Waals surface area contributed by atoms with Gasteiger partial charge in [0.05, 0.1) is 5.54 Å². The van der Waals surface area contributed by atoms with Gasteiger partial charge in [-0.25, -0.2) is 13.6 Å². The fourth-order valence-electron chi connectivity index (χ4n) is 2.60. The molecule has 0 amide bonds. The SMILES string of the molecule is O=C=NC1(c2ccccc2C(F)F)CCCC1. The highest BCUT2D eigenvalue weighted by Gasteiger charge is 2.38. The van der Waals surface area contributed by atoms with Crippen LogP contribution in [0.2, 0.25) is 0 Å². The van der Waals surface area contributed by atoms with Crippen LogP contribution in [0.15, 0.2) is 29.3 Å². The number of nitrogens with zero attached hydrogens (tertiary/aromatic N) is 1. The zero-order valence-corrected chi connectivity index (χ0v) is 9.33. The Kier molecular flexibility index (Phi) is 3.34. The van der Waals surface area contributed by atoms with E-state index in [0.29, 0.717) is 18.4 Å². The first-order valence-corrected chi connectivity index (χ1v) is 5.66. The van der Waals surface area contributed by atoms with Crippen LogP contribution in [-0.2, 0) is 10.3 Å². The van der Waals surface area contributed by atoms with Crippen LogP contribution in [0.3, 0.4) is 0 Å². The van der Waals surface area contributed by atoms with Crippen molar-refractivity contribution in [3.05, 3.63) is 35.4 Å². The molecule has 1 aliphatic carbocycles. The summed E-state index contributed by atoms with van der Waals surface area (Å²) in [5.74, 6) is 0. The second-order valence-electron chi connectivity index (χ2n) is 4.33.